The number of aliphatic hydroxyl groups is 1. The Morgan fingerprint density at radius 2 is 1.41 bits per heavy atom. The number of alkyl halides is 1. The third-order valence-electron chi connectivity index (χ3n) is 9.69. The van der Waals surface area contributed by atoms with Crippen LogP contribution in [0, 0.1) is 11.3 Å². The zero-order valence-corrected chi connectivity index (χ0v) is 29.4. The van der Waals surface area contributed by atoms with Crippen molar-refractivity contribution < 1.29 is 23.9 Å². The van der Waals surface area contributed by atoms with E-state index >= 15 is 4.39 Å². The van der Waals surface area contributed by atoms with Crippen molar-refractivity contribution in [1.29, 1.82) is 5.26 Å². The Morgan fingerprint density at radius 1 is 0.902 bits per heavy atom. The number of hydrogen-bond acceptors (Lipinski definition) is 6. The summed E-state index contributed by atoms with van der Waals surface area (Å²) in [6, 6.07) is 36.3. The number of nitrogens with one attached hydrogen (secondary N) is 2. The quantitative estimate of drug-likeness (QED) is 0.165. The fraction of sp³-hybridized carbons (Fsp3) is 0.317. The molecule has 1 saturated heterocycles. The Labute approximate surface area is 302 Å². The van der Waals surface area contributed by atoms with Crippen LogP contribution in [0.2, 0.25) is 0 Å². The van der Waals surface area contributed by atoms with Gasteiger partial charge in [-0.05, 0) is 61.1 Å². The highest BCUT2D eigenvalue weighted by Gasteiger charge is 2.55. The van der Waals surface area contributed by atoms with Gasteiger partial charge in [-0.3, -0.25) is 14.4 Å². The number of amides is 3. The van der Waals surface area contributed by atoms with Gasteiger partial charge in [-0.1, -0.05) is 103 Å². The molecule has 3 N–H and O–H groups in total. The van der Waals surface area contributed by atoms with Crippen molar-refractivity contribution in [3.8, 4) is 6.07 Å². The number of β-amino-alcohol motifs (C(OH)–C–C–N with tert-alkyl or cyclic N) is 1. The third-order valence-corrected chi connectivity index (χ3v) is 11.5. The second kappa shape index (κ2) is 14.7. The molecule has 1 saturated carbocycles. The molecular weight excluding hydrogens is 664 g/mol. The number of halogens is 1. The van der Waals surface area contributed by atoms with Crippen LogP contribution in [0.15, 0.2) is 115 Å². The lowest BCUT2D eigenvalue weighted by Gasteiger charge is -2.45. The minimum Gasteiger partial charge on any atom is -0.391 e. The predicted octanol–water partition coefficient (Wildman–Crippen LogP) is 5.63. The highest BCUT2D eigenvalue weighted by atomic mass is 32.2. The average molecular weight is 705 g/mol. The summed E-state index contributed by atoms with van der Waals surface area (Å²) < 4.78 is 13.3. The number of hydrogen-bond donors (Lipinski definition) is 3. The van der Waals surface area contributed by atoms with Gasteiger partial charge < -0.3 is 20.6 Å². The third kappa shape index (κ3) is 7.55. The lowest BCUT2D eigenvalue weighted by Crippen LogP contribution is -2.61. The minimum absolute atomic E-state index is 0.00815. The molecule has 51 heavy (non-hydrogen) atoms. The van der Waals surface area contributed by atoms with Crippen LogP contribution < -0.4 is 10.6 Å². The summed E-state index contributed by atoms with van der Waals surface area (Å²) in [6.07, 6.45) is -0.829. The molecule has 2 aliphatic rings. The zero-order valence-electron chi connectivity index (χ0n) is 28.6. The molecule has 4 aromatic rings. The topological polar surface area (TPSA) is 123 Å². The first-order valence-electron chi connectivity index (χ1n) is 17.1. The molecule has 0 unspecified atom stereocenters. The average Bonchev–Trinajstić information content (AvgIpc) is 3.80. The number of carbonyl (C=O) groups excluding carboxylic acids is 3. The molecule has 8 nitrogen and oxygen atoms in total. The van der Waals surface area contributed by atoms with E-state index in [0.29, 0.717) is 5.56 Å². The molecule has 0 aromatic heterocycles. The molecule has 262 valence electrons. The first kappa shape index (κ1) is 35.8. The lowest BCUT2D eigenvalue weighted by atomic mass is 9.84. The summed E-state index contributed by atoms with van der Waals surface area (Å²) in [5.41, 5.74) is 2.03. The molecule has 0 bridgehead atoms. The van der Waals surface area contributed by atoms with Crippen LogP contribution in [0.5, 0.6) is 0 Å². The van der Waals surface area contributed by atoms with Gasteiger partial charge in [0, 0.05) is 24.3 Å². The molecule has 2 fully saturated rings. The number of rotatable bonds is 12. The van der Waals surface area contributed by atoms with E-state index in [-0.39, 0.29) is 32.4 Å². The van der Waals surface area contributed by atoms with Crippen LogP contribution in [-0.2, 0) is 25.7 Å². The minimum atomic E-state index is -2.06. The molecule has 1 aliphatic carbocycles. The van der Waals surface area contributed by atoms with Crippen molar-refractivity contribution in [2.24, 2.45) is 0 Å². The Hall–Kier alpha value is -4.98. The number of nitrogens with zero attached hydrogens (tertiary/aromatic N) is 2. The van der Waals surface area contributed by atoms with E-state index in [1.165, 1.54) is 16.7 Å². The van der Waals surface area contributed by atoms with Gasteiger partial charge in [0.2, 0.25) is 11.8 Å². The molecule has 0 radical (unpaired) electrons. The van der Waals surface area contributed by atoms with Crippen molar-refractivity contribution >= 4 is 29.5 Å². The van der Waals surface area contributed by atoms with E-state index in [4.69, 9.17) is 5.26 Å². The first-order chi connectivity index (χ1) is 24.5. The van der Waals surface area contributed by atoms with E-state index in [1.807, 2.05) is 105 Å². The van der Waals surface area contributed by atoms with Gasteiger partial charge >= 0.3 is 0 Å². The van der Waals surface area contributed by atoms with Gasteiger partial charge in [-0.15, -0.1) is 11.8 Å². The largest absolute Gasteiger partial charge is 0.391 e. The Bertz CT molecular complexity index is 1800. The second-order valence-electron chi connectivity index (χ2n) is 13.8. The van der Waals surface area contributed by atoms with Gasteiger partial charge in [-0.25, -0.2) is 4.39 Å². The molecule has 1 aliphatic heterocycles. The summed E-state index contributed by atoms with van der Waals surface area (Å²) in [6.45, 7) is 3.74. The van der Waals surface area contributed by atoms with E-state index in [1.54, 1.807) is 24.3 Å². The molecule has 3 amide bonds. The van der Waals surface area contributed by atoms with Crippen molar-refractivity contribution in [3.63, 3.8) is 0 Å². The number of benzene rings is 4. The number of aliphatic hydroxyl groups excluding tert-OH is 1. The van der Waals surface area contributed by atoms with Gasteiger partial charge in [0.1, 0.15) is 12.1 Å². The van der Waals surface area contributed by atoms with Crippen LogP contribution in [0.3, 0.4) is 0 Å². The SMILES string of the molecule is CC(C)(SC(c1ccccc1)(c1ccccc1)c1ccccc1)[C@H](NC(=O)C1(F)CC1)C(=O)N1C[C@H](O)C[C@H]1C(=O)NCc1ccc(C#N)cc1. The molecule has 1 heterocycles. The summed E-state index contributed by atoms with van der Waals surface area (Å²) in [5, 5.41) is 25.6. The number of likely N-dealkylation sites (tertiary alicyclic amines) is 1. The van der Waals surface area contributed by atoms with Crippen molar-refractivity contribution in [3.05, 3.63) is 143 Å². The Morgan fingerprint density at radius 3 is 1.88 bits per heavy atom. The Balaban J connectivity index is 1.37. The molecule has 6 rings (SSSR count). The highest BCUT2D eigenvalue weighted by Crippen LogP contribution is 2.54. The zero-order chi connectivity index (χ0) is 36.2. The fourth-order valence-corrected chi connectivity index (χ4v) is 8.58. The van der Waals surface area contributed by atoms with Gasteiger partial charge in [0.05, 0.1) is 22.5 Å². The maximum Gasteiger partial charge on any atom is 0.258 e. The van der Waals surface area contributed by atoms with Crippen molar-refractivity contribution in [1.82, 2.24) is 15.5 Å². The van der Waals surface area contributed by atoms with E-state index < -0.39 is 51.1 Å². The maximum atomic E-state index is 15.3. The molecule has 3 atom stereocenters. The van der Waals surface area contributed by atoms with Crippen molar-refractivity contribution in [2.75, 3.05) is 6.54 Å². The van der Waals surface area contributed by atoms with Gasteiger partial charge in [-0.2, -0.15) is 5.26 Å². The Kier molecular flexibility index (Phi) is 10.3. The summed E-state index contributed by atoms with van der Waals surface area (Å²) in [7, 11) is 0. The monoisotopic (exact) mass is 704 g/mol. The summed E-state index contributed by atoms with van der Waals surface area (Å²) >= 11 is 1.47. The predicted molar refractivity (Wildman–Crippen MR) is 195 cm³/mol. The maximum absolute atomic E-state index is 15.3. The molecule has 4 aromatic carbocycles. The van der Waals surface area contributed by atoms with Crippen LogP contribution in [-0.4, -0.2) is 62.9 Å². The van der Waals surface area contributed by atoms with Crippen LogP contribution >= 0.6 is 11.8 Å². The summed E-state index contributed by atoms with van der Waals surface area (Å²) in [4.78, 5) is 43.2. The van der Waals surface area contributed by atoms with Crippen LogP contribution in [0.4, 0.5) is 4.39 Å². The van der Waals surface area contributed by atoms with Gasteiger partial charge in [0.15, 0.2) is 5.67 Å². The molecule has 0 spiro atoms. The van der Waals surface area contributed by atoms with E-state index in [2.05, 4.69) is 16.7 Å². The number of carbonyl (C=O) groups is 3. The molecular formula is C41H41FN4O4S. The highest BCUT2D eigenvalue weighted by molar-refractivity contribution is 8.02. The first-order valence-corrected chi connectivity index (χ1v) is 17.9. The van der Waals surface area contributed by atoms with Gasteiger partial charge in [0.25, 0.3) is 5.91 Å². The normalized spacial score (nSPS) is 18.7. The lowest BCUT2D eigenvalue weighted by molar-refractivity contribution is -0.143. The van der Waals surface area contributed by atoms with Crippen molar-refractivity contribution in [2.45, 2.75) is 73.0 Å². The fourth-order valence-electron chi connectivity index (χ4n) is 6.75. The smallest absolute Gasteiger partial charge is 0.258 e. The standard InChI is InChI=1S/C41H41FN4O4S/c1-39(2,51-41(30-12-6-3-7-13-30,31-14-8-4-9-15-31)32-16-10-5-11-17-32)35(45-38(50)40(42)22-23-40)37(49)46-27-33(47)24-34(46)36(48)44-26-29-20-18-28(25-43)19-21-29/h3-21,33-35,47H,22-24,26-27H2,1-2H3,(H,44,48)(H,45,50)/t33-,34+,35-/m1/s1. The number of nitriles is 1. The van der Waals surface area contributed by atoms with E-state index in [9.17, 15) is 19.5 Å². The molecule has 10 heteroatoms. The second-order valence-corrected chi connectivity index (χ2v) is 15.6. The summed E-state index contributed by atoms with van der Waals surface area (Å²) in [5.74, 6) is -1.90. The number of thioether (sulfide) groups is 1. The van der Waals surface area contributed by atoms with E-state index in [0.717, 1.165) is 22.3 Å². The van der Waals surface area contributed by atoms with Crippen LogP contribution in [0.25, 0.3) is 0 Å². The van der Waals surface area contributed by atoms with Crippen LogP contribution in [0.1, 0.15) is 60.9 Å².